The van der Waals surface area contributed by atoms with E-state index in [4.69, 9.17) is 4.99 Å². The van der Waals surface area contributed by atoms with E-state index in [9.17, 15) is 0 Å². The van der Waals surface area contributed by atoms with Gasteiger partial charge in [0.1, 0.15) is 5.84 Å². The smallest absolute Gasteiger partial charge is 0.131 e. The number of nitrogens with zero attached hydrogens (tertiary/aromatic N) is 1. The summed E-state index contributed by atoms with van der Waals surface area (Å²) in [5.41, 5.74) is 7.08. The van der Waals surface area contributed by atoms with Gasteiger partial charge >= 0.3 is 0 Å². The fraction of sp³-hybridized carbons (Fsp3) is 0.0938. The highest BCUT2D eigenvalue weighted by Gasteiger charge is 2.31. The molecule has 34 heavy (non-hydrogen) atoms. The third-order valence-electron chi connectivity index (χ3n) is 6.68. The van der Waals surface area contributed by atoms with Crippen molar-refractivity contribution < 1.29 is 0 Å². The van der Waals surface area contributed by atoms with Crippen molar-refractivity contribution in [1.29, 1.82) is 0 Å². The first-order valence-corrected chi connectivity index (χ1v) is 11.9. The molecule has 3 aliphatic rings. The van der Waals surface area contributed by atoms with Crippen LogP contribution in [0.5, 0.6) is 0 Å². The Hall–Kier alpha value is -4.17. The summed E-state index contributed by atoms with van der Waals surface area (Å²) in [4.78, 5) is 5.18. The van der Waals surface area contributed by atoms with Crippen molar-refractivity contribution in [2.45, 2.75) is 6.04 Å². The maximum absolute atomic E-state index is 5.18. The molecule has 0 saturated carbocycles. The van der Waals surface area contributed by atoms with Gasteiger partial charge in [-0.1, -0.05) is 121 Å². The van der Waals surface area contributed by atoms with E-state index >= 15 is 0 Å². The first-order valence-electron chi connectivity index (χ1n) is 11.9. The van der Waals surface area contributed by atoms with Crippen LogP contribution in [0, 0.1) is 11.8 Å². The Balaban J connectivity index is 1.47. The van der Waals surface area contributed by atoms with Crippen LogP contribution in [0.2, 0.25) is 0 Å². The van der Waals surface area contributed by atoms with Crippen molar-refractivity contribution in [2.24, 2.45) is 16.8 Å². The molecule has 1 N–H and O–H groups in total. The fourth-order valence-corrected chi connectivity index (χ4v) is 4.94. The molecule has 2 heteroatoms. The van der Waals surface area contributed by atoms with Crippen LogP contribution in [-0.2, 0) is 0 Å². The van der Waals surface area contributed by atoms with Crippen LogP contribution in [0.4, 0.5) is 0 Å². The van der Waals surface area contributed by atoms with Crippen LogP contribution in [0.15, 0.2) is 144 Å². The van der Waals surface area contributed by atoms with Crippen molar-refractivity contribution in [3.63, 3.8) is 0 Å². The molecule has 3 atom stereocenters. The van der Waals surface area contributed by atoms with Crippen LogP contribution in [-0.4, -0.2) is 5.84 Å². The highest BCUT2D eigenvalue weighted by Crippen LogP contribution is 2.39. The van der Waals surface area contributed by atoms with Crippen molar-refractivity contribution in [3.05, 3.63) is 156 Å². The van der Waals surface area contributed by atoms with Crippen molar-refractivity contribution >= 4 is 17.1 Å². The lowest BCUT2D eigenvalue weighted by atomic mass is 9.75. The lowest BCUT2D eigenvalue weighted by Crippen LogP contribution is -2.36. The van der Waals surface area contributed by atoms with Crippen LogP contribution >= 0.6 is 0 Å². The Morgan fingerprint density at radius 3 is 2.03 bits per heavy atom. The molecule has 0 radical (unpaired) electrons. The fourth-order valence-electron chi connectivity index (χ4n) is 4.94. The molecule has 0 fully saturated rings. The molecule has 3 aromatic rings. The minimum Gasteiger partial charge on any atom is -0.359 e. The molecule has 1 aliphatic heterocycles. The Morgan fingerprint density at radius 2 is 1.29 bits per heavy atom. The first-order chi connectivity index (χ1) is 16.8. The van der Waals surface area contributed by atoms with Gasteiger partial charge in [0.25, 0.3) is 0 Å². The molecule has 3 aromatic carbocycles. The zero-order valence-corrected chi connectivity index (χ0v) is 18.9. The maximum atomic E-state index is 5.18. The predicted octanol–water partition coefficient (Wildman–Crippen LogP) is 7.15. The van der Waals surface area contributed by atoms with Gasteiger partial charge < -0.3 is 5.32 Å². The lowest BCUT2D eigenvalue weighted by Gasteiger charge is -2.33. The number of aliphatic imine (C=N–C) groups is 1. The number of amidine groups is 1. The Kier molecular flexibility index (Phi) is 5.41. The summed E-state index contributed by atoms with van der Waals surface area (Å²) in [5.74, 6) is 1.52. The van der Waals surface area contributed by atoms with Gasteiger partial charge in [-0.15, -0.1) is 0 Å². The molecule has 2 nitrogen and oxygen atoms in total. The average Bonchev–Trinajstić information content (AvgIpc) is 2.93. The summed E-state index contributed by atoms with van der Waals surface area (Å²) in [7, 11) is 0. The quantitative estimate of drug-likeness (QED) is 0.459. The molecule has 164 valence electrons. The minimum atomic E-state index is 0.0532. The molecule has 0 bridgehead atoms. The van der Waals surface area contributed by atoms with E-state index in [0.29, 0.717) is 5.92 Å². The molecular formula is C32H26N2. The Bertz CT molecular complexity index is 1360. The summed E-state index contributed by atoms with van der Waals surface area (Å²) < 4.78 is 0. The summed E-state index contributed by atoms with van der Waals surface area (Å²) in [6.07, 6.45) is 15.9. The number of hydrogen-bond donors (Lipinski definition) is 1. The van der Waals surface area contributed by atoms with Gasteiger partial charge in [-0.25, -0.2) is 4.99 Å². The molecule has 0 amide bonds. The zero-order valence-electron chi connectivity index (χ0n) is 18.9. The molecule has 0 saturated heterocycles. The van der Waals surface area contributed by atoms with Crippen molar-refractivity contribution in [1.82, 2.24) is 5.32 Å². The number of nitrogens with one attached hydrogen (secondary N) is 1. The number of rotatable bonds is 4. The van der Waals surface area contributed by atoms with Crippen LogP contribution in [0.25, 0.3) is 11.3 Å². The zero-order chi connectivity index (χ0) is 22.7. The van der Waals surface area contributed by atoms with Gasteiger partial charge in [-0.3, -0.25) is 0 Å². The predicted molar refractivity (Wildman–Crippen MR) is 142 cm³/mol. The summed E-state index contributed by atoms with van der Waals surface area (Å²) in [6.45, 7) is 0. The van der Waals surface area contributed by atoms with Crippen LogP contribution < -0.4 is 5.32 Å². The summed E-state index contributed by atoms with van der Waals surface area (Å²) in [5, 5.41) is 3.76. The lowest BCUT2D eigenvalue weighted by molar-refractivity contribution is 0.636. The van der Waals surface area contributed by atoms with E-state index in [1.165, 1.54) is 22.3 Å². The van der Waals surface area contributed by atoms with Gasteiger partial charge in [0.2, 0.25) is 0 Å². The highest BCUT2D eigenvalue weighted by molar-refractivity contribution is 6.06. The topological polar surface area (TPSA) is 24.4 Å². The molecule has 2 aliphatic carbocycles. The SMILES string of the molecule is C1=CC2C=C(c3ccccc3)C=C(C3=NC(c4ccccc4)=CC(c4ccccc4)N3)C2C=C1. The van der Waals surface area contributed by atoms with Crippen molar-refractivity contribution in [3.8, 4) is 0 Å². The van der Waals surface area contributed by atoms with E-state index < -0.39 is 0 Å². The first kappa shape index (κ1) is 20.4. The van der Waals surface area contributed by atoms with Crippen LogP contribution in [0.1, 0.15) is 22.7 Å². The van der Waals surface area contributed by atoms with E-state index in [0.717, 1.165) is 17.1 Å². The van der Waals surface area contributed by atoms with Crippen LogP contribution in [0.3, 0.4) is 0 Å². The molecule has 0 spiro atoms. The number of fused-ring (bicyclic) bond motifs is 1. The second kappa shape index (κ2) is 8.99. The Labute approximate surface area is 201 Å². The highest BCUT2D eigenvalue weighted by atomic mass is 15.1. The number of hydrogen-bond acceptors (Lipinski definition) is 2. The van der Waals surface area contributed by atoms with E-state index in [-0.39, 0.29) is 12.0 Å². The molecule has 3 unspecified atom stereocenters. The Morgan fingerprint density at radius 1 is 0.647 bits per heavy atom. The third-order valence-corrected chi connectivity index (χ3v) is 6.68. The van der Waals surface area contributed by atoms with Crippen molar-refractivity contribution in [2.75, 3.05) is 0 Å². The van der Waals surface area contributed by atoms with Gasteiger partial charge in [-0.05, 0) is 34.4 Å². The third kappa shape index (κ3) is 3.99. The largest absolute Gasteiger partial charge is 0.359 e. The molecule has 0 aromatic heterocycles. The van der Waals surface area contributed by atoms with E-state index in [1.807, 2.05) is 0 Å². The number of benzene rings is 3. The maximum Gasteiger partial charge on any atom is 0.131 e. The second-order valence-corrected chi connectivity index (χ2v) is 8.87. The summed E-state index contributed by atoms with van der Waals surface area (Å²) >= 11 is 0. The molecule has 6 rings (SSSR count). The van der Waals surface area contributed by atoms with E-state index in [1.54, 1.807) is 0 Å². The standard InChI is InChI=1S/C32H26N2/c1-4-12-23(13-5-1)27-20-26-18-10-11-19-28(26)29(21-27)32-33-30(24-14-6-2-7-15-24)22-31(34-32)25-16-8-3-9-17-25/h1-22,26,28,30H,(H,33,34). The van der Waals surface area contributed by atoms with Gasteiger partial charge in [0.05, 0.1) is 11.7 Å². The average molecular weight is 439 g/mol. The molecule has 1 heterocycles. The number of allylic oxidation sites excluding steroid dienone is 7. The van der Waals surface area contributed by atoms with Gasteiger partial charge in [-0.2, -0.15) is 0 Å². The minimum absolute atomic E-state index is 0.0532. The van der Waals surface area contributed by atoms with E-state index in [2.05, 4.69) is 139 Å². The normalized spacial score (nSPS) is 23.1. The summed E-state index contributed by atoms with van der Waals surface area (Å²) in [6, 6.07) is 31.8. The monoisotopic (exact) mass is 438 g/mol. The second-order valence-electron chi connectivity index (χ2n) is 8.87. The van der Waals surface area contributed by atoms with Gasteiger partial charge in [0, 0.05) is 17.4 Å². The van der Waals surface area contributed by atoms with Gasteiger partial charge in [0.15, 0.2) is 0 Å². The molecular weight excluding hydrogens is 412 g/mol.